The molecular weight excluding hydrogens is 232 g/mol. The van der Waals surface area contributed by atoms with Crippen molar-refractivity contribution in [2.24, 2.45) is 0 Å². The lowest BCUT2D eigenvalue weighted by molar-refractivity contribution is 0.00572. The molecule has 0 saturated carbocycles. The first kappa shape index (κ1) is 15.5. The van der Waals surface area contributed by atoms with E-state index < -0.39 is 0 Å². The molecule has 1 amide bonds. The number of nitrogens with one attached hydrogen (secondary N) is 1. The zero-order chi connectivity index (χ0) is 11.3. The minimum Gasteiger partial charge on any atom is -0.450 e. The van der Waals surface area contributed by atoms with Gasteiger partial charge in [-0.05, 0) is 20.4 Å². The molecule has 1 fully saturated rings. The van der Waals surface area contributed by atoms with Crippen molar-refractivity contribution in [1.29, 1.82) is 0 Å². The number of ether oxygens (including phenoxy) is 2. The van der Waals surface area contributed by atoms with Gasteiger partial charge in [-0.1, -0.05) is 0 Å². The van der Waals surface area contributed by atoms with Crippen molar-refractivity contribution in [2.45, 2.75) is 25.5 Å². The Morgan fingerprint density at radius 1 is 1.56 bits per heavy atom. The van der Waals surface area contributed by atoms with E-state index in [-0.39, 0.29) is 24.6 Å². The Morgan fingerprint density at radius 2 is 2.25 bits per heavy atom. The highest BCUT2D eigenvalue weighted by Gasteiger charge is 2.30. The Labute approximate surface area is 103 Å². The van der Waals surface area contributed by atoms with E-state index >= 15 is 0 Å². The van der Waals surface area contributed by atoms with Crippen LogP contribution in [0.2, 0.25) is 0 Å². The normalized spacial score (nSPS) is 24.8. The van der Waals surface area contributed by atoms with Crippen LogP contribution in [0.15, 0.2) is 0 Å². The lowest BCUT2D eigenvalue weighted by atomic mass is 10.0. The quantitative estimate of drug-likeness (QED) is 0.810. The lowest BCUT2D eigenvalue weighted by Crippen LogP contribution is -2.54. The Balaban J connectivity index is 0.00000225. The van der Waals surface area contributed by atoms with Crippen LogP contribution in [0.4, 0.5) is 4.79 Å². The fourth-order valence-corrected chi connectivity index (χ4v) is 1.87. The number of likely N-dealkylation sites (N-methyl/N-ethyl adjacent to an activating group) is 1. The maximum atomic E-state index is 11.5. The fourth-order valence-electron chi connectivity index (χ4n) is 1.87. The fraction of sp³-hybridized carbons (Fsp3) is 0.900. The summed E-state index contributed by atoms with van der Waals surface area (Å²) in [6.45, 7) is 3.56. The number of nitrogens with zero attached hydrogens (tertiary/aromatic N) is 1. The second-order valence-electron chi connectivity index (χ2n) is 3.60. The van der Waals surface area contributed by atoms with E-state index in [0.29, 0.717) is 19.2 Å². The Morgan fingerprint density at radius 3 is 2.75 bits per heavy atom. The minimum absolute atomic E-state index is 0. The van der Waals surface area contributed by atoms with Crippen LogP contribution in [0.1, 0.15) is 13.3 Å². The van der Waals surface area contributed by atoms with Crippen molar-refractivity contribution in [3.63, 3.8) is 0 Å². The van der Waals surface area contributed by atoms with Crippen LogP contribution in [0.25, 0.3) is 0 Å². The number of hydrogen-bond acceptors (Lipinski definition) is 4. The molecule has 16 heavy (non-hydrogen) atoms. The summed E-state index contributed by atoms with van der Waals surface area (Å²) in [6.07, 6.45) is 0.704. The van der Waals surface area contributed by atoms with Gasteiger partial charge in [0.1, 0.15) is 0 Å². The number of carbonyl (C=O) groups excluding carboxylic acids is 1. The number of hydrogen-bond donors (Lipinski definition) is 1. The number of piperidine rings is 1. The number of methoxy groups -OCH3 is 1. The molecule has 2 atom stereocenters. The first-order chi connectivity index (χ1) is 7.22. The topological polar surface area (TPSA) is 50.8 Å². The van der Waals surface area contributed by atoms with E-state index in [4.69, 9.17) is 9.47 Å². The molecule has 1 N–H and O–H groups in total. The molecule has 1 saturated heterocycles. The second kappa shape index (κ2) is 7.70. The van der Waals surface area contributed by atoms with Gasteiger partial charge >= 0.3 is 6.09 Å². The van der Waals surface area contributed by atoms with Crippen LogP contribution in [-0.2, 0) is 9.47 Å². The van der Waals surface area contributed by atoms with Gasteiger partial charge in [0.15, 0.2) is 0 Å². The number of amides is 1. The second-order valence-corrected chi connectivity index (χ2v) is 3.60. The molecule has 0 spiro atoms. The highest BCUT2D eigenvalue weighted by atomic mass is 35.5. The Kier molecular flexibility index (Phi) is 7.45. The summed E-state index contributed by atoms with van der Waals surface area (Å²) in [5.41, 5.74) is 0. The van der Waals surface area contributed by atoms with Crippen LogP contribution >= 0.6 is 12.4 Å². The van der Waals surface area contributed by atoms with E-state index in [9.17, 15) is 4.79 Å². The first-order valence-corrected chi connectivity index (χ1v) is 5.34. The molecule has 0 aromatic rings. The number of halogens is 1. The van der Waals surface area contributed by atoms with E-state index in [2.05, 4.69) is 5.32 Å². The molecule has 1 heterocycles. The lowest BCUT2D eigenvalue weighted by Gasteiger charge is -2.36. The average molecular weight is 253 g/mol. The predicted octanol–water partition coefficient (Wildman–Crippen LogP) is 0.873. The van der Waals surface area contributed by atoms with Crippen LogP contribution in [-0.4, -0.2) is 57.0 Å². The SMILES string of the molecule is CCOC(=O)N1CCC(NC)C(OC)C1.Cl. The maximum Gasteiger partial charge on any atom is 0.409 e. The van der Waals surface area contributed by atoms with Gasteiger partial charge in [0.05, 0.1) is 19.3 Å². The summed E-state index contributed by atoms with van der Waals surface area (Å²) in [5, 5.41) is 3.19. The molecule has 5 nitrogen and oxygen atoms in total. The van der Waals surface area contributed by atoms with Gasteiger partial charge in [-0.25, -0.2) is 4.79 Å². The summed E-state index contributed by atoms with van der Waals surface area (Å²) >= 11 is 0. The maximum absolute atomic E-state index is 11.5. The predicted molar refractivity (Wildman–Crippen MR) is 64.1 cm³/mol. The van der Waals surface area contributed by atoms with Crippen molar-refractivity contribution < 1.29 is 14.3 Å². The van der Waals surface area contributed by atoms with E-state index in [0.717, 1.165) is 13.0 Å². The van der Waals surface area contributed by atoms with Crippen molar-refractivity contribution in [3.8, 4) is 0 Å². The molecule has 1 aliphatic rings. The van der Waals surface area contributed by atoms with E-state index in [1.54, 1.807) is 12.0 Å². The summed E-state index contributed by atoms with van der Waals surface area (Å²) in [6, 6.07) is 0.320. The van der Waals surface area contributed by atoms with E-state index in [1.165, 1.54) is 0 Å². The van der Waals surface area contributed by atoms with Crippen molar-refractivity contribution in [3.05, 3.63) is 0 Å². The van der Waals surface area contributed by atoms with Crippen LogP contribution in [0, 0.1) is 0 Å². The Bertz CT molecular complexity index is 216. The molecule has 1 aliphatic heterocycles. The van der Waals surface area contributed by atoms with Gasteiger partial charge in [-0.3, -0.25) is 0 Å². The molecule has 0 bridgehead atoms. The summed E-state index contributed by atoms with van der Waals surface area (Å²) in [5.74, 6) is 0. The zero-order valence-electron chi connectivity index (χ0n) is 10.1. The van der Waals surface area contributed by atoms with Gasteiger partial charge in [0.2, 0.25) is 0 Å². The smallest absolute Gasteiger partial charge is 0.409 e. The van der Waals surface area contributed by atoms with Crippen molar-refractivity contribution in [1.82, 2.24) is 10.2 Å². The van der Waals surface area contributed by atoms with Gasteiger partial charge in [-0.2, -0.15) is 0 Å². The number of likely N-dealkylation sites (tertiary alicyclic amines) is 1. The van der Waals surface area contributed by atoms with Gasteiger partial charge in [-0.15, -0.1) is 12.4 Å². The molecule has 0 radical (unpaired) electrons. The number of carbonyl (C=O) groups is 1. The molecule has 0 aliphatic carbocycles. The molecular formula is C10H21ClN2O3. The number of rotatable bonds is 3. The third-order valence-corrected chi connectivity index (χ3v) is 2.76. The molecule has 0 aromatic carbocycles. The molecule has 1 rings (SSSR count). The van der Waals surface area contributed by atoms with Gasteiger partial charge in [0, 0.05) is 19.7 Å². The highest BCUT2D eigenvalue weighted by Crippen LogP contribution is 2.14. The van der Waals surface area contributed by atoms with Crippen molar-refractivity contribution >= 4 is 18.5 Å². The van der Waals surface area contributed by atoms with Crippen LogP contribution < -0.4 is 5.32 Å². The van der Waals surface area contributed by atoms with Gasteiger partial charge in [0.25, 0.3) is 0 Å². The third kappa shape index (κ3) is 3.81. The molecule has 0 aromatic heterocycles. The Hall–Kier alpha value is -0.520. The van der Waals surface area contributed by atoms with Crippen LogP contribution in [0.5, 0.6) is 0 Å². The van der Waals surface area contributed by atoms with Crippen molar-refractivity contribution in [2.75, 3.05) is 33.9 Å². The minimum atomic E-state index is -0.242. The van der Waals surface area contributed by atoms with Crippen LogP contribution in [0.3, 0.4) is 0 Å². The largest absolute Gasteiger partial charge is 0.450 e. The standard InChI is InChI=1S/C10H20N2O3.ClH/c1-4-15-10(13)12-6-5-8(11-2)9(7-12)14-3;/h8-9,11H,4-7H2,1-3H3;1H. The zero-order valence-corrected chi connectivity index (χ0v) is 10.9. The van der Waals surface area contributed by atoms with E-state index in [1.807, 2.05) is 14.0 Å². The molecule has 2 unspecified atom stereocenters. The monoisotopic (exact) mass is 252 g/mol. The third-order valence-electron chi connectivity index (χ3n) is 2.76. The first-order valence-electron chi connectivity index (χ1n) is 5.34. The average Bonchev–Trinajstić information content (AvgIpc) is 2.28. The van der Waals surface area contributed by atoms with Gasteiger partial charge < -0.3 is 19.7 Å². The molecule has 96 valence electrons. The summed E-state index contributed by atoms with van der Waals surface area (Å²) in [4.78, 5) is 13.2. The summed E-state index contributed by atoms with van der Waals surface area (Å²) < 4.78 is 10.3. The molecule has 6 heteroatoms. The summed E-state index contributed by atoms with van der Waals surface area (Å²) in [7, 11) is 3.58. The highest BCUT2D eigenvalue weighted by molar-refractivity contribution is 5.85.